The quantitative estimate of drug-likeness (QED) is 0.872. The first kappa shape index (κ1) is 9.61. The summed E-state index contributed by atoms with van der Waals surface area (Å²) in [7, 11) is 0. The van der Waals surface area contributed by atoms with Gasteiger partial charge in [0, 0.05) is 11.4 Å². The zero-order chi connectivity index (χ0) is 9.97. The van der Waals surface area contributed by atoms with Crippen molar-refractivity contribution in [2.24, 2.45) is 0 Å². The van der Waals surface area contributed by atoms with E-state index < -0.39 is 0 Å². The minimum absolute atomic E-state index is 0.887. The van der Waals surface area contributed by atoms with Crippen LogP contribution in [0.2, 0.25) is 0 Å². The number of nitrogens with zero attached hydrogens (tertiary/aromatic N) is 2. The van der Waals surface area contributed by atoms with Crippen molar-refractivity contribution in [1.29, 1.82) is 0 Å². The molecule has 14 heavy (non-hydrogen) atoms. The molecule has 0 saturated carbocycles. The second-order valence-electron chi connectivity index (χ2n) is 2.85. The average molecular weight is 225 g/mol. The highest BCUT2D eigenvalue weighted by Crippen LogP contribution is 2.31. The Balaban J connectivity index is 2.24. The minimum atomic E-state index is 0.887. The van der Waals surface area contributed by atoms with Crippen LogP contribution in [0.5, 0.6) is 0 Å². The van der Waals surface area contributed by atoms with E-state index in [0.29, 0.717) is 0 Å². The van der Waals surface area contributed by atoms with E-state index in [-0.39, 0.29) is 0 Å². The molecule has 74 valence electrons. The van der Waals surface area contributed by atoms with Gasteiger partial charge >= 0.3 is 0 Å². The van der Waals surface area contributed by atoms with Gasteiger partial charge in [-0.15, -0.1) is 21.5 Å². The van der Waals surface area contributed by atoms with Gasteiger partial charge in [-0.25, -0.2) is 0 Å². The molecule has 0 aliphatic rings. The largest absolute Gasteiger partial charge is 0.360 e. The zero-order valence-electron chi connectivity index (χ0n) is 8.07. The second-order valence-corrected chi connectivity index (χ2v) is 5.12. The summed E-state index contributed by atoms with van der Waals surface area (Å²) in [5.74, 6) is 0. The second kappa shape index (κ2) is 4.06. The lowest BCUT2D eigenvalue weighted by atomic mass is 10.4. The average Bonchev–Trinajstić information content (AvgIpc) is 2.74. The highest BCUT2D eigenvalue weighted by Gasteiger charge is 2.07. The summed E-state index contributed by atoms with van der Waals surface area (Å²) in [6.45, 7) is 5.04. The predicted octanol–water partition coefficient (Wildman–Crippen LogP) is 3.01. The van der Waals surface area contributed by atoms with E-state index in [1.54, 1.807) is 22.7 Å². The predicted molar refractivity (Wildman–Crippen MR) is 62.1 cm³/mol. The summed E-state index contributed by atoms with van der Waals surface area (Å²) < 4.78 is 0. The fourth-order valence-electron chi connectivity index (χ4n) is 1.09. The van der Waals surface area contributed by atoms with Crippen molar-refractivity contribution in [2.45, 2.75) is 13.8 Å². The molecule has 0 fully saturated rings. The Morgan fingerprint density at radius 1 is 1.29 bits per heavy atom. The van der Waals surface area contributed by atoms with Gasteiger partial charge in [0.15, 0.2) is 5.01 Å². The molecule has 2 rings (SSSR count). The Bertz CT molecular complexity index is 419. The molecule has 0 aliphatic heterocycles. The number of thiophene rings is 1. The molecule has 2 aromatic heterocycles. The summed E-state index contributed by atoms with van der Waals surface area (Å²) in [6.07, 6.45) is 0. The number of aryl methyl sites for hydroxylation is 1. The van der Waals surface area contributed by atoms with E-state index in [1.165, 1.54) is 9.75 Å². The SMILES string of the molecule is CCNc1nnc(-c2ccc(C)s2)s1. The molecular formula is C9H11N3S2. The Hall–Kier alpha value is -0.940. The molecule has 0 amide bonds. The molecule has 5 heteroatoms. The van der Waals surface area contributed by atoms with Crippen LogP contribution in [0.25, 0.3) is 9.88 Å². The third-order valence-electron chi connectivity index (χ3n) is 1.70. The van der Waals surface area contributed by atoms with E-state index in [1.807, 2.05) is 0 Å². The number of rotatable bonds is 3. The van der Waals surface area contributed by atoms with Crippen molar-refractivity contribution >= 4 is 27.8 Å². The van der Waals surface area contributed by atoms with Crippen LogP contribution in [0.3, 0.4) is 0 Å². The van der Waals surface area contributed by atoms with Gasteiger partial charge in [-0.3, -0.25) is 0 Å². The van der Waals surface area contributed by atoms with Crippen molar-refractivity contribution in [3.63, 3.8) is 0 Å². The number of hydrogen-bond donors (Lipinski definition) is 1. The van der Waals surface area contributed by atoms with E-state index in [2.05, 4.69) is 41.5 Å². The summed E-state index contributed by atoms with van der Waals surface area (Å²) in [4.78, 5) is 2.50. The number of aromatic nitrogens is 2. The lowest BCUT2D eigenvalue weighted by Crippen LogP contribution is -1.94. The fourth-order valence-corrected chi connectivity index (χ4v) is 2.82. The molecular weight excluding hydrogens is 214 g/mol. The molecule has 0 saturated heterocycles. The van der Waals surface area contributed by atoms with Gasteiger partial charge in [0.25, 0.3) is 0 Å². The van der Waals surface area contributed by atoms with Crippen LogP contribution in [0.4, 0.5) is 5.13 Å². The number of nitrogens with one attached hydrogen (secondary N) is 1. The van der Waals surface area contributed by atoms with Crippen molar-refractivity contribution in [3.05, 3.63) is 17.0 Å². The van der Waals surface area contributed by atoms with Crippen molar-refractivity contribution in [3.8, 4) is 9.88 Å². The maximum absolute atomic E-state index is 4.13. The molecule has 1 N–H and O–H groups in total. The van der Waals surface area contributed by atoms with Crippen LogP contribution >= 0.6 is 22.7 Å². The third-order valence-corrected chi connectivity index (χ3v) is 3.76. The lowest BCUT2D eigenvalue weighted by molar-refractivity contribution is 1.07. The Morgan fingerprint density at radius 3 is 2.79 bits per heavy atom. The molecule has 0 atom stereocenters. The summed E-state index contributed by atoms with van der Waals surface area (Å²) in [5.41, 5.74) is 0. The molecule has 2 heterocycles. The zero-order valence-corrected chi connectivity index (χ0v) is 9.71. The van der Waals surface area contributed by atoms with Gasteiger partial charge in [0.05, 0.1) is 4.88 Å². The van der Waals surface area contributed by atoms with Gasteiger partial charge < -0.3 is 5.32 Å². The normalized spacial score (nSPS) is 10.4. The molecule has 0 unspecified atom stereocenters. The maximum Gasteiger partial charge on any atom is 0.206 e. The van der Waals surface area contributed by atoms with Gasteiger partial charge in [-0.05, 0) is 26.0 Å². The molecule has 0 radical (unpaired) electrons. The van der Waals surface area contributed by atoms with Gasteiger partial charge in [0.1, 0.15) is 0 Å². The van der Waals surface area contributed by atoms with E-state index in [4.69, 9.17) is 0 Å². The maximum atomic E-state index is 4.13. The summed E-state index contributed by atoms with van der Waals surface area (Å²) in [5, 5.41) is 13.2. The highest BCUT2D eigenvalue weighted by molar-refractivity contribution is 7.23. The monoisotopic (exact) mass is 225 g/mol. The first-order valence-corrected chi connectivity index (χ1v) is 6.07. The van der Waals surface area contributed by atoms with Gasteiger partial charge in [-0.2, -0.15) is 0 Å². The van der Waals surface area contributed by atoms with Crippen molar-refractivity contribution < 1.29 is 0 Å². The molecule has 3 nitrogen and oxygen atoms in total. The Labute approximate surface area is 90.8 Å². The van der Waals surface area contributed by atoms with Gasteiger partial charge in [0.2, 0.25) is 5.13 Å². The third kappa shape index (κ3) is 1.93. The number of hydrogen-bond acceptors (Lipinski definition) is 5. The molecule has 2 aromatic rings. The first-order chi connectivity index (χ1) is 6.79. The van der Waals surface area contributed by atoms with Crippen molar-refractivity contribution in [1.82, 2.24) is 10.2 Å². The highest BCUT2D eigenvalue weighted by atomic mass is 32.1. The summed E-state index contributed by atoms with van der Waals surface area (Å²) in [6, 6.07) is 4.20. The molecule has 0 aromatic carbocycles. The van der Waals surface area contributed by atoms with Crippen LogP contribution < -0.4 is 5.32 Å². The van der Waals surface area contributed by atoms with Crippen LogP contribution in [0, 0.1) is 6.92 Å². The van der Waals surface area contributed by atoms with Gasteiger partial charge in [-0.1, -0.05) is 11.3 Å². The van der Waals surface area contributed by atoms with E-state index >= 15 is 0 Å². The van der Waals surface area contributed by atoms with Crippen LogP contribution in [0.15, 0.2) is 12.1 Å². The van der Waals surface area contributed by atoms with Crippen molar-refractivity contribution in [2.75, 3.05) is 11.9 Å². The van der Waals surface area contributed by atoms with E-state index in [0.717, 1.165) is 16.7 Å². The first-order valence-electron chi connectivity index (χ1n) is 4.44. The molecule has 0 aliphatic carbocycles. The Morgan fingerprint density at radius 2 is 2.14 bits per heavy atom. The number of anilines is 1. The van der Waals surface area contributed by atoms with E-state index in [9.17, 15) is 0 Å². The van der Waals surface area contributed by atoms with Crippen LogP contribution in [0.1, 0.15) is 11.8 Å². The topological polar surface area (TPSA) is 37.8 Å². The fraction of sp³-hybridized carbons (Fsp3) is 0.333. The standard InChI is InChI=1S/C9H11N3S2/c1-3-10-9-12-11-8(14-9)7-5-4-6(2)13-7/h4-5H,3H2,1-2H3,(H,10,12). The summed E-state index contributed by atoms with van der Waals surface area (Å²) >= 11 is 3.35. The smallest absolute Gasteiger partial charge is 0.206 e. The van der Waals surface area contributed by atoms with Crippen LogP contribution in [-0.2, 0) is 0 Å². The molecule has 0 spiro atoms. The molecule has 0 bridgehead atoms. The minimum Gasteiger partial charge on any atom is -0.360 e. The van der Waals surface area contributed by atoms with Crippen LogP contribution in [-0.4, -0.2) is 16.7 Å². The Kier molecular flexibility index (Phi) is 2.79. The lowest BCUT2D eigenvalue weighted by Gasteiger charge is -1.91.